The number of nitrogens with zero attached hydrogens (tertiary/aromatic N) is 4. The molecule has 5 heteroatoms. The van der Waals surface area contributed by atoms with Crippen LogP contribution >= 0.6 is 0 Å². The van der Waals surface area contributed by atoms with E-state index in [2.05, 4.69) is 111 Å². The number of benzene rings is 5. The lowest BCUT2D eigenvalue weighted by molar-refractivity contribution is 0.483. The van der Waals surface area contributed by atoms with Crippen molar-refractivity contribution in [1.29, 1.82) is 0 Å². The fourth-order valence-corrected chi connectivity index (χ4v) is 6.59. The Morgan fingerprint density at radius 2 is 1.16 bits per heavy atom. The summed E-state index contributed by atoms with van der Waals surface area (Å²) in [6, 6.07) is 50.1. The van der Waals surface area contributed by atoms with Gasteiger partial charge < -0.3 is 9.30 Å². The fraction of sp³-hybridized carbons (Fsp3) is 0. The third-order valence-electron chi connectivity index (χ3n) is 8.46. The number of fused-ring (bicyclic) bond motifs is 7. The monoisotopic (exact) mass is 578 g/mol. The maximum Gasteiger partial charge on any atom is 0.137 e. The molecular weight excluding hydrogens is 552 g/mol. The van der Waals surface area contributed by atoms with Crippen molar-refractivity contribution < 1.29 is 4.74 Å². The number of pyridine rings is 2. The highest BCUT2D eigenvalue weighted by molar-refractivity contribution is 6.28. The maximum absolute atomic E-state index is 6.49. The SMILES string of the molecule is c1ccc(-n2c3ccccc3c3c4c5ccc(Oc6cccc(-c7ccccn7)c6)cc5n(-c5ccccn5)c4ccc32)cc1. The molecule has 0 spiro atoms. The second kappa shape index (κ2) is 10.2. The molecule has 0 aliphatic heterocycles. The predicted molar refractivity (Wildman–Crippen MR) is 183 cm³/mol. The third-order valence-corrected chi connectivity index (χ3v) is 8.46. The molecule has 0 atom stereocenters. The zero-order valence-corrected chi connectivity index (χ0v) is 24.2. The molecule has 4 aromatic heterocycles. The lowest BCUT2D eigenvalue weighted by Gasteiger charge is -2.10. The first-order valence-corrected chi connectivity index (χ1v) is 15.0. The number of ether oxygens (including phenoxy) is 1. The molecule has 0 aliphatic carbocycles. The summed E-state index contributed by atoms with van der Waals surface area (Å²) >= 11 is 0. The molecule has 0 saturated heterocycles. The van der Waals surface area contributed by atoms with Crippen molar-refractivity contribution in [3.8, 4) is 34.3 Å². The van der Waals surface area contributed by atoms with E-state index in [1.54, 1.807) is 6.20 Å². The Morgan fingerprint density at radius 1 is 0.444 bits per heavy atom. The first-order valence-electron chi connectivity index (χ1n) is 15.0. The number of aromatic nitrogens is 4. The first kappa shape index (κ1) is 25.3. The predicted octanol–water partition coefficient (Wildman–Crippen LogP) is 10.1. The second-order valence-electron chi connectivity index (χ2n) is 11.1. The van der Waals surface area contributed by atoms with E-state index in [-0.39, 0.29) is 0 Å². The van der Waals surface area contributed by atoms with Crippen LogP contribution < -0.4 is 4.74 Å². The van der Waals surface area contributed by atoms with Crippen LogP contribution in [-0.2, 0) is 0 Å². The smallest absolute Gasteiger partial charge is 0.137 e. The van der Waals surface area contributed by atoms with Crippen LogP contribution in [-0.4, -0.2) is 19.1 Å². The Morgan fingerprint density at radius 3 is 1.96 bits per heavy atom. The van der Waals surface area contributed by atoms with Crippen LogP contribution in [0.25, 0.3) is 66.4 Å². The van der Waals surface area contributed by atoms with Crippen molar-refractivity contribution in [3.05, 3.63) is 158 Å². The molecule has 5 aromatic carbocycles. The highest BCUT2D eigenvalue weighted by atomic mass is 16.5. The molecule has 0 unspecified atom stereocenters. The van der Waals surface area contributed by atoms with Crippen LogP contribution in [0.15, 0.2) is 158 Å². The van der Waals surface area contributed by atoms with Gasteiger partial charge in [-0.25, -0.2) is 4.98 Å². The highest BCUT2D eigenvalue weighted by Crippen LogP contribution is 2.43. The van der Waals surface area contributed by atoms with Gasteiger partial charge in [-0.1, -0.05) is 60.7 Å². The summed E-state index contributed by atoms with van der Waals surface area (Å²) in [5.74, 6) is 2.37. The van der Waals surface area contributed by atoms with E-state index in [1.807, 2.05) is 54.7 Å². The van der Waals surface area contributed by atoms with Gasteiger partial charge in [-0.15, -0.1) is 0 Å². The molecule has 45 heavy (non-hydrogen) atoms. The number of para-hydroxylation sites is 2. The number of rotatable bonds is 5. The topological polar surface area (TPSA) is 44.9 Å². The van der Waals surface area contributed by atoms with Gasteiger partial charge in [0.2, 0.25) is 0 Å². The van der Waals surface area contributed by atoms with Gasteiger partial charge in [-0.3, -0.25) is 9.55 Å². The number of hydrogen-bond acceptors (Lipinski definition) is 3. The van der Waals surface area contributed by atoms with Crippen molar-refractivity contribution in [3.63, 3.8) is 0 Å². The van der Waals surface area contributed by atoms with Gasteiger partial charge in [-0.2, -0.15) is 0 Å². The van der Waals surface area contributed by atoms with Gasteiger partial charge in [0.15, 0.2) is 0 Å². The molecule has 0 amide bonds. The second-order valence-corrected chi connectivity index (χ2v) is 11.1. The Bertz CT molecular complexity index is 2500. The van der Waals surface area contributed by atoms with Gasteiger partial charge in [-0.05, 0) is 78.9 Å². The van der Waals surface area contributed by atoms with E-state index in [0.717, 1.165) is 50.7 Å². The third kappa shape index (κ3) is 4.09. The molecule has 0 fully saturated rings. The molecule has 4 heterocycles. The fourth-order valence-electron chi connectivity index (χ4n) is 6.59. The molecule has 0 saturated carbocycles. The molecule has 9 rings (SSSR count). The zero-order valence-electron chi connectivity index (χ0n) is 24.2. The summed E-state index contributed by atoms with van der Waals surface area (Å²) in [6.45, 7) is 0. The summed E-state index contributed by atoms with van der Waals surface area (Å²) in [6.07, 6.45) is 3.65. The lowest BCUT2D eigenvalue weighted by Crippen LogP contribution is -1.97. The molecule has 0 N–H and O–H groups in total. The number of hydrogen-bond donors (Lipinski definition) is 0. The normalized spacial score (nSPS) is 11.6. The van der Waals surface area contributed by atoms with E-state index in [4.69, 9.17) is 9.72 Å². The molecular formula is C40H26N4O. The van der Waals surface area contributed by atoms with E-state index in [9.17, 15) is 0 Å². The molecule has 212 valence electrons. The van der Waals surface area contributed by atoms with Crippen molar-refractivity contribution >= 4 is 43.6 Å². The van der Waals surface area contributed by atoms with E-state index >= 15 is 0 Å². The largest absolute Gasteiger partial charge is 0.457 e. The average molecular weight is 579 g/mol. The van der Waals surface area contributed by atoms with E-state index in [1.165, 1.54) is 27.2 Å². The molecule has 0 aliphatic rings. The molecule has 0 bridgehead atoms. The summed E-state index contributed by atoms with van der Waals surface area (Å²) in [5.41, 5.74) is 7.54. The summed E-state index contributed by atoms with van der Waals surface area (Å²) < 4.78 is 11.1. The van der Waals surface area contributed by atoms with Crippen molar-refractivity contribution in [2.24, 2.45) is 0 Å². The van der Waals surface area contributed by atoms with Crippen molar-refractivity contribution in [1.82, 2.24) is 19.1 Å². The van der Waals surface area contributed by atoms with Crippen molar-refractivity contribution in [2.45, 2.75) is 0 Å². The molecule has 0 radical (unpaired) electrons. The minimum Gasteiger partial charge on any atom is -0.457 e. The molecule has 5 nitrogen and oxygen atoms in total. The standard InChI is InChI=1S/C40H26N4O/c1-2-12-28(13-3-1)43-34-17-5-4-15-31(34)39-35(43)21-22-36-40(39)32-20-19-30(26-37(32)44(36)38-18-7-9-24-42-38)45-29-14-10-11-27(25-29)33-16-6-8-23-41-33/h1-26H. The Hall–Kier alpha value is -6.20. The Labute approximate surface area is 259 Å². The van der Waals surface area contributed by atoms with Crippen molar-refractivity contribution in [2.75, 3.05) is 0 Å². The first-order chi connectivity index (χ1) is 22.3. The minimum absolute atomic E-state index is 0.753. The van der Waals surface area contributed by atoms with Crippen LogP contribution in [0.4, 0.5) is 0 Å². The maximum atomic E-state index is 6.49. The average Bonchev–Trinajstić information content (AvgIpc) is 3.62. The van der Waals surface area contributed by atoms with E-state index in [0.29, 0.717) is 0 Å². The van der Waals surface area contributed by atoms with Gasteiger partial charge >= 0.3 is 0 Å². The van der Waals surface area contributed by atoms with E-state index < -0.39 is 0 Å². The van der Waals surface area contributed by atoms with Gasteiger partial charge in [0.1, 0.15) is 17.3 Å². The van der Waals surface area contributed by atoms with Gasteiger partial charge in [0.25, 0.3) is 0 Å². The van der Waals surface area contributed by atoms with Crippen LogP contribution in [0.1, 0.15) is 0 Å². The lowest BCUT2D eigenvalue weighted by atomic mass is 10.1. The van der Waals surface area contributed by atoms with Crippen LogP contribution in [0.3, 0.4) is 0 Å². The highest BCUT2D eigenvalue weighted by Gasteiger charge is 2.21. The minimum atomic E-state index is 0.753. The van der Waals surface area contributed by atoms with Gasteiger partial charge in [0, 0.05) is 51.3 Å². The van der Waals surface area contributed by atoms with Gasteiger partial charge in [0.05, 0.1) is 27.8 Å². The zero-order chi connectivity index (χ0) is 29.7. The summed E-state index contributed by atoms with van der Waals surface area (Å²) in [7, 11) is 0. The van der Waals surface area contributed by atoms with Crippen LogP contribution in [0.5, 0.6) is 11.5 Å². The summed E-state index contributed by atoms with van der Waals surface area (Å²) in [4.78, 5) is 9.29. The molecule has 9 aromatic rings. The van der Waals surface area contributed by atoms with Crippen LogP contribution in [0, 0.1) is 0 Å². The summed E-state index contributed by atoms with van der Waals surface area (Å²) in [5, 5.41) is 4.78. The Kier molecular flexibility index (Phi) is 5.74. The Balaban J connectivity index is 1.30. The quantitative estimate of drug-likeness (QED) is 0.204. The van der Waals surface area contributed by atoms with Crippen LogP contribution in [0.2, 0.25) is 0 Å².